The number of imidazole rings is 1. The fourth-order valence-corrected chi connectivity index (χ4v) is 2.88. The highest BCUT2D eigenvalue weighted by molar-refractivity contribution is 5.80. The van der Waals surface area contributed by atoms with Crippen LogP contribution in [-0.4, -0.2) is 24.5 Å². The van der Waals surface area contributed by atoms with E-state index >= 15 is 0 Å². The Kier molecular flexibility index (Phi) is 4.09. The van der Waals surface area contributed by atoms with Crippen LogP contribution in [0.4, 0.5) is 5.69 Å². The van der Waals surface area contributed by atoms with Crippen molar-refractivity contribution in [3.8, 4) is 0 Å². The van der Waals surface area contributed by atoms with Crippen molar-refractivity contribution in [3.63, 3.8) is 0 Å². The molecule has 0 aliphatic heterocycles. The van der Waals surface area contributed by atoms with Gasteiger partial charge in [0.05, 0.1) is 29.3 Å². The maximum Gasteiger partial charge on any atom is 0.115 e. The number of nitrogens with zero attached hydrogens (tertiary/aromatic N) is 5. The summed E-state index contributed by atoms with van der Waals surface area (Å²) in [5, 5.41) is 11.9. The largest absolute Gasteiger partial charge is 0.379 e. The second-order valence-corrected chi connectivity index (χ2v) is 8.63. The van der Waals surface area contributed by atoms with Crippen molar-refractivity contribution in [3.05, 3.63) is 35.9 Å². The highest BCUT2D eigenvalue weighted by Gasteiger charge is 2.21. The number of anilines is 1. The molecule has 2 aromatic heterocycles. The lowest BCUT2D eigenvalue weighted by atomic mass is 9.96. The molecule has 0 atom stereocenters. The van der Waals surface area contributed by atoms with Gasteiger partial charge in [0, 0.05) is 18.2 Å². The predicted molar refractivity (Wildman–Crippen MR) is 102 cm³/mol. The molecule has 6 heteroatoms. The zero-order valence-corrected chi connectivity index (χ0v) is 16.3. The summed E-state index contributed by atoms with van der Waals surface area (Å²) in [6.07, 6.45) is 1.99. The molecule has 0 radical (unpaired) electrons. The topological polar surface area (TPSA) is 60.6 Å². The summed E-state index contributed by atoms with van der Waals surface area (Å²) in [4.78, 5) is 4.83. The van der Waals surface area contributed by atoms with Gasteiger partial charge in [0.15, 0.2) is 0 Å². The normalized spacial score (nSPS) is 12.8. The Morgan fingerprint density at radius 2 is 1.80 bits per heavy atom. The van der Waals surface area contributed by atoms with Crippen LogP contribution in [0.2, 0.25) is 0 Å². The monoisotopic (exact) mass is 340 g/mol. The molecular weight excluding hydrogens is 312 g/mol. The second-order valence-electron chi connectivity index (χ2n) is 8.63. The van der Waals surface area contributed by atoms with Gasteiger partial charge in [0.25, 0.3) is 0 Å². The molecule has 0 fully saturated rings. The van der Waals surface area contributed by atoms with E-state index in [1.165, 1.54) is 0 Å². The van der Waals surface area contributed by atoms with Crippen LogP contribution < -0.4 is 5.32 Å². The number of fused-ring (bicyclic) bond motifs is 1. The van der Waals surface area contributed by atoms with Gasteiger partial charge in [0.2, 0.25) is 0 Å². The standard InChI is InChI=1S/C19H28N6/c1-18(2,3)17-21-15-10-13(8-9-16(15)24(17)7)20-11-14-12-25(23-22-14)19(4,5)6/h8-10,12,20H,11H2,1-7H3. The van der Waals surface area contributed by atoms with Crippen molar-refractivity contribution >= 4 is 16.7 Å². The van der Waals surface area contributed by atoms with Gasteiger partial charge < -0.3 is 9.88 Å². The number of hydrogen-bond donors (Lipinski definition) is 1. The molecule has 134 valence electrons. The highest BCUT2D eigenvalue weighted by atomic mass is 15.4. The molecular formula is C19H28N6. The van der Waals surface area contributed by atoms with E-state index in [1.807, 2.05) is 10.9 Å². The maximum atomic E-state index is 4.83. The first-order valence-electron chi connectivity index (χ1n) is 8.68. The molecule has 0 spiro atoms. The molecule has 0 bridgehead atoms. The molecule has 3 rings (SSSR count). The zero-order chi connectivity index (χ0) is 18.4. The number of aromatic nitrogens is 5. The molecule has 2 heterocycles. The van der Waals surface area contributed by atoms with E-state index in [-0.39, 0.29) is 11.0 Å². The summed E-state index contributed by atoms with van der Waals surface area (Å²) in [6.45, 7) is 13.5. The average molecular weight is 340 g/mol. The Morgan fingerprint density at radius 1 is 1.08 bits per heavy atom. The van der Waals surface area contributed by atoms with Crippen molar-refractivity contribution in [2.75, 3.05) is 5.32 Å². The Labute approximate surface area is 149 Å². The van der Waals surface area contributed by atoms with E-state index in [1.54, 1.807) is 0 Å². The molecule has 3 aromatic rings. The molecule has 0 saturated heterocycles. The third-order valence-corrected chi connectivity index (χ3v) is 4.25. The van der Waals surface area contributed by atoms with E-state index in [2.05, 4.69) is 87.0 Å². The molecule has 0 amide bonds. The van der Waals surface area contributed by atoms with E-state index in [9.17, 15) is 0 Å². The summed E-state index contributed by atoms with van der Waals surface area (Å²) in [6, 6.07) is 6.30. The molecule has 0 aliphatic carbocycles. The van der Waals surface area contributed by atoms with Gasteiger partial charge in [-0.3, -0.25) is 0 Å². The van der Waals surface area contributed by atoms with Gasteiger partial charge in [-0.15, -0.1) is 5.10 Å². The molecule has 0 aliphatic rings. The third-order valence-electron chi connectivity index (χ3n) is 4.25. The molecule has 25 heavy (non-hydrogen) atoms. The number of aryl methyl sites for hydroxylation is 1. The molecule has 0 saturated carbocycles. The van der Waals surface area contributed by atoms with E-state index < -0.39 is 0 Å². The van der Waals surface area contributed by atoms with E-state index in [0.717, 1.165) is 28.2 Å². The predicted octanol–water partition coefficient (Wildman–Crippen LogP) is 3.83. The second kappa shape index (κ2) is 5.86. The molecule has 0 unspecified atom stereocenters. The summed E-state index contributed by atoms with van der Waals surface area (Å²) in [7, 11) is 2.08. The molecule has 6 nitrogen and oxygen atoms in total. The first-order valence-corrected chi connectivity index (χ1v) is 8.68. The maximum absolute atomic E-state index is 4.83. The fraction of sp³-hybridized carbons (Fsp3) is 0.526. The smallest absolute Gasteiger partial charge is 0.115 e. The minimum absolute atomic E-state index is 0.0207. The van der Waals surface area contributed by atoms with E-state index in [4.69, 9.17) is 4.98 Å². The first kappa shape index (κ1) is 17.5. The fourth-order valence-electron chi connectivity index (χ4n) is 2.88. The van der Waals surface area contributed by atoms with Gasteiger partial charge in [-0.1, -0.05) is 26.0 Å². The summed E-state index contributed by atoms with van der Waals surface area (Å²) in [5.41, 5.74) is 4.08. The van der Waals surface area contributed by atoms with Crippen molar-refractivity contribution < 1.29 is 0 Å². The van der Waals surface area contributed by atoms with Gasteiger partial charge in [-0.05, 0) is 39.0 Å². The Morgan fingerprint density at radius 3 is 2.40 bits per heavy atom. The lowest BCUT2D eigenvalue weighted by molar-refractivity contribution is 0.347. The van der Waals surface area contributed by atoms with Crippen molar-refractivity contribution in [2.45, 2.75) is 59.0 Å². The quantitative estimate of drug-likeness (QED) is 0.787. The zero-order valence-electron chi connectivity index (χ0n) is 16.3. The SMILES string of the molecule is Cn1c(C(C)(C)C)nc2cc(NCc3cn(C(C)(C)C)nn3)ccc21. The molecule has 1 N–H and O–H groups in total. The van der Waals surface area contributed by atoms with Crippen LogP contribution in [-0.2, 0) is 24.5 Å². The van der Waals surface area contributed by atoms with Gasteiger partial charge in [0.1, 0.15) is 11.5 Å². The highest BCUT2D eigenvalue weighted by Crippen LogP contribution is 2.27. The van der Waals surface area contributed by atoms with Crippen molar-refractivity contribution in [1.82, 2.24) is 24.5 Å². The van der Waals surface area contributed by atoms with Crippen LogP contribution in [0, 0.1) is 0 Å². The Balaban J connectivity index is 1.79. The van der Waals surface area contributed by atoms with Crippen LogP contribution in [0.3, 0.4) is 0 Å². The summed E-state index contributed by atoms with van der Waals surface area (Å²) >= 11 is 0. The minimum atomic E-state index is -0.0541. The lowest BCUT2D eigenvalue weighted by Gasteiger charge is -2.17. The van der Waals surface area contributed by atoms with Gasteiger partial charge >= 0.3 is 0 Å². The van der Waals surface area contributed by atoms with Gasteiger partial charge in [-0.25, -0.2) is 9.67 Å². The van der Waals surface area contributed by atoms with Crippen LogP contribution in [0.5, 0.6) is 0 Å². The van der Waals surface area contributed by atoms with Crippen LogP contribution in [0.25, 0.3) is 11.0 Å². The third kappa shape index (κ3) is 3.52. The number of rotatable bonds is 3. The summed E-state index contributed by atoms with van der Waals surface area (Å²) in [5.74, 6) is 1.09. The average Bonchev–Trinajstić information content (AvgIpc) is 3.09. The number of nitrogens with one attached hydrogen (secondary N) is 1. The van der Waals surface area contributed by atoms with Crippen LogP contribution >= 0.6 is 0 Å². The van der Waals surface area contributed by atoms with E-state index in [0.29, 0.717) is 6.54 Å². The van der Waals surface area contributed by atoms with Crippen molar-refractivity contribution in [2.24, 2.45) is 7.05 Å². The number of benzene rings is 1. The van der Waals surface area contributed by atoms with Crippen LogP contribution in [0.1, 0.15) is 53.1 Å². The first-order chi connectivity index (χ1) is 11.6. The Bertz CT molecular complexity index is 889. The Hall–Kier alpha value is -2.37. The van der Waals surface area contributed by atoms with Crippen LogP contribution in [0.15, 0.2) is 24.4 Å². The van der Waals surface area contributed by atoms with Gasteiger partial charge in [-0.2, -0.15) is 0 Å². The minimum Gasteiger partial charge on any atom is -0.379 e. The number of hydrogen-bond acceptors (Lipinski definition) is 4. The molecule has 1 aromatic carbocycles. The lowest BCUT2D eigenvalue weighted by Crippen LogP contribution is -2.22. The summed E-state index contributed by atoms with van der Waals surface area (Å²) < 4.78 is 4.07. The van der Waals surface area contributed by atoms with Crippen molar-refractivity contribution in [1.29, 1.82) is 0 Å².